The fourth-order valence-electron chi connectivity index (χ4n) is 1.32. The molecule has 0 fully saturated rings. The first-order chi connectivity index (χ1) is 8.69. The topological polar surface area (TPSA) is 45.9 Å². The van der Waals surface area contributed by atoms with Gasteiger partial charge < -0.3 is 4.74 Å². The van der Waals surface area contributed by atoms with Crippen molar-refractivity contribution in [3.8, 4) is 11.8 Å². The highest BCUT2D eigenvalue weighted by atomic mass is 35.5. The Morgan fingerprint density at radius 3 is 2.89 bits per heavy atom. The third-order valence-corrected chi connectivity index (χ3v) is 3.62. The monoisotopic (exact) mass is 298 g/mol. The van der Waals surface area contributed by atoms with E-state index in [0.717, 1.165) is 5.01 Å². The lowest BCUT2D eigenvalue weighted by Crippen LogP contribution is -2.01. The maximum Gasteiger partial charge on any atom is 0.138 e. The molecule has 0 N–H and O–H groups in total. The molecule has 92 valence electrons. The summed E-state index contributed by atoms with van der Waals surface area (Å²) < 4.78 is 5.53. The van der Waals surface area contributed by atoms with Crippen molar-refractivity contribution in [3.63, 3.8) is 0 Å². The van der Waals surface area contributed by atoms with Gasteiger partial charge in [-0.15, -0.1) is 11.3 Å². The first-order valence-corrected chi connectivity index (χ1v) is 6.69. The summed E-state index contributed by atoms with van der Waals surface area (Å²) >= 11 is 13.1. The highest BCUT2D eigenvalue weighted by molar-refractivity contribution is 7.12. The number of nitrogens with zero attached hydrogens (tertiary/aromatic N) is 2. The van der Waals surface area contributed by atoms with E-state index in [-0.39, 0.29) is 0 Å². The summed E-state index contributed by atoms with van der Waals surface area (Å²) in [5, 5.41) is 10.6. The van der Waals surface area contributed by atoms with Gasteiger partial charge in [-0.3, -0.25) is 0 Å². The summed E-state index contributed by atoms with van der Waals surface area (Å²) in [6.45, 7) is 0.458. The van der Waals surface area contributed by atoms with Gasteiger partial charge in [0.05, 0.1) is 22.8 Å². The molecule has 18 heavy (non-hydrogen) atoms. The van der Waals surface area contributed by atoms with E-state index < -0.39 is 0 Å². The van der Waals surface area contributed by atoms with Crippen molar-refractivity contribution in [2.45, 2.75) is 6.42 Å². The van der Waals surface area contributed by atoms with Crippen molar-refractivity contribution in [2.24, 2.45) is 0 Å². The van der Waals surface area contributed by atoms with Crippen molar-refractivity contribution in [3.05, 3.63) is 44.3 Å². The average molecular weight is 299 g/mol. The van der Waals surface area contributed by atoms with Crippen LogP contribution in [-0.4, -0.2) is 11.6 Å². The Bertz CT molecular complexity index is 592. The van der Waals surface area contributed by atoms with Gasteiger partial charge in [-0.2, -0.15) is 5.26 Å². The molecule has 0 aliphatic carbocycles. The molecule has 6 heteroatoms. The zero-order valence-electron chi connectivity index (χ0n) is 9.19. The van der Waals surface area contributed by atoms with E-state index in [9.17, 15) is 0 Å². The molecule has 3 nitrogen and oxygen atoms in total. The summed E-state index contributed by atoms with van der Waals surface area (Å²) in [5.74, 6) is 0.595. The van der Waals surface area contributed by atoms with Crippen LogP contribution in [-0.2, 0) is 6.42 Å². The highest BCUT2D eigenvalue weighted by Gasteiger charge is 2.04. The number of hydrogen-bond donors (Lipinski definition) is 0. The molecule has 1 aromatic heterocycles. The second-order valence-corrected chi connectivity index (χ2v) is 5.36. The first kappa shape index (κ1) is 13.2. The van der Waals surface area contributed by atoms with Crippen LogP contribution in [0.25, 0.3) is 0 Å². The first-order valence-electron chi connectivity index (χ1n) is 5.11. The second-order valence-electron chi connectivity index (χ2n) is 3.40. The molecule has 1 heterocycles. The van der Waals surface area contributed by atoms with Crippen LogP contribution >= 0.6 is 34.5 Å². The molecule has 0 bridgehead atoms. The summed E-state index contributed by atoms with van der Waals surface area (Å²) in [6.07, 6.45) is 2.21. The molecule has 0 spiro atoms. The van der Waals surface area contributed by atoms with E-state index in [1.807, 2.05) is 0 Å². The predicted octanol–water partition coefficient (Wildman–Crippen LogP) is 3.94. The number of thiazole rings is 1. The number of halogens is 2. The van der Waals surface area contributed by atoms with Gasteiger partial charge in [-0.25, -0.2) is 4.98 Å². The van der Waals surface area contributed by atoms with Crippen molar-refractivity contribution >= 4 is 34.5 Å². The van der Waals surface area contributed by atoms with E-state index in [4.69, 9.17) is 33.2 Å². The summed E-state index contributed by atoms with van der Waals surface area (Å²) in [7, 11) is 0. The van der Waals surface area contributed by atoms with Gasteiger partial charge in [-0.1, -0.05) is 23.2 Å². The SMILES string of the molecule is N#Cc1cnc(CCOc2ccc(Cl)cc2Cl)s1. The fraction of sp³-hybridized carbons (Fsp3) is 0.167. The second kappa shape index (κ2) is 6.05. The van der Waals surface area contributed by atoms with Gasteiger partial charge in [0.15, 0.2) is 0 Å². The van der Waals surface area contributed by atoms with Gasteiger partial charge in [0.25, 0.3) is 0 Å². The van der Waals surface area contributed by atoms with Crippen LogP contribution in [0.4, 0.5) is 0 Å². The lowest BCUT2D eigenvalue weighted by atomic mass is 10.3. The number of aromatic nitrogens is 1. The van der Waals surface area contributed by atoms with E-state index in [2.05, 4.69) is 11.1 Å². The Morgan fingerprint density at radius 2 is 2.22 bits per heavy atom. The third kappa shape index (κ3) is 3.36. The van der Waals surface area contributed by atoms with E-state index in [1.54, 1.807) is 24.4 Å². The van der Waals surface area contributed by atoms with Crippen LogP contribution in [0.5, 0.6) is 5.75 Å². The van der Waals surface area contributed by atoms with Crippen molar-refractivity contribution in [1.29, 1.82) is 5.26 Å². The van der Waals surface area contributed by atoms with Gasteiger partial charge >= 0.3 is 0 Å². The molecule has 0 aliphatic heterocycles. The van der Waals surface area contributed by atoms with Crippen molar-refractivity contribution in [1.82, 2.24) is 4.98 Å². The molecular weight excluding hydrogens is 291 g/mol. The van der Waals surface area contributed by atoms with Crippen LogP contribution in [0.3, 0.4) is 0 Å². The zero-order chi connectivity index (χ0) is 13.0. The average Bonchev–Trinajstić information content (AvgIpc) is 2.80. The minimum atomic E-state index is 0.458. The van der Waals surface area contributed by atoms with Crippen LogP contribution in [0.2, 0.25) is 10.0 Å². The maximum absolute atomic E-state index is 8.68. The smallest absolute Gasteiger partial charge is 0.138 e. The standard InChI is InChI=1S/C12H8Cl2N2OS/c13-8-1-2-11(10(14)5-8)17-4-3-12-16-7-9(6-15)18-12/h1-2,5,7H,3-4H2. The summed E-state index contributed by atoms with van der Waals surface area (Å²) in [4.78, 5) is 4.72. The minimum Gasteiger partial charge on any atom is -0.492 e. The Balaban J connectivity index is 1.90. The number of nitriles is 1. The van der Waals surface area contributed by atoms with Gasteiger partial charge in [0.1, 0.15) is 16.7 Å². The Hall–Kier alpha value is -1.28. The van der Waals surface area contributed by atoms with Crippen LogP contribution in [0, 0.1) is 11.3 Å². The maximum atomic E-state index is 8.68. The van der Waals surface area contributed by atoms with Crippen LogP contribution < -0.4 is 4.74 Å². The van der Waals surface area contributed by atoms with Crippen LogP contribution in [0.1, 0.15) is 9.88 Å². The summed E-state index contributed by atoms with van der Waals surface area (Å²) in [6, 6.07) is 7.14. The normalized spacial score (nSPS) is 10.1. The number of benzene rings is 1. The lowest BCUT2D eigenvalue weighted by molar-refractivity contribution is 0.322. The van der Waals surface area contributed by atoms with Crippen molar-refractivity contribution < 1.29 is 4.74 Å². The molecule has 0 unspecified atom stereocenters. The molecule has 0 amide bonds. The number of hydrogen-bond acceptors (Lipinski definition) is 4. The van der Waals surface area contributed by atoms with Gasteiger partial charge in [0, 0.05) is 11.4 Å². The largest absolute Gasteiger partial charge is 0.492 e. The molecule has 0 aliphatic rings. The Morgan fingerprint density at radius 1 is 1.39 bits per heavy atom. The quantitative estimate of drug-likeness (QED) is 0.859. The highest BCUT2D eigenvalue weighted by Crippen LogP contribution is 2.27. The molecule has 0 saturated heterocycles. The van der Waals surface area contributed by atoms with Gasteiger partial charge in [-0.05, 0) is 18.2 Å². The molecule has 2 rings (SSSR count). The van der Waals surface area contributed by atoms with Gasteiger partial charge in [0.2, 0.25) is 0 Å². The summed E-state index contributed by atoms with van der Waals surface area (Å²) in [5.41, 5.74) is 0. The zero-order valence-corrected chi connectivity index (χ0v) is 11.5. The molecule has 1 aromatic carbocycles. The molecule has 0 radical (unpaired) electrons. The van der Waals surface area contributed by atoms with E-state index in [0.29, 0.717) is 33.7 Å². The number of ether oxygens (including phenoxy) is 1. The lowest BCUT2D eigenvalue weighted by Gasteiger charge is -2.06. The minimum absolute atomic E-state index is 0.458. The Kier molecular flexibility index (Phi) is 4.43. The van der Waals surface area contributed by atoms with Crippen LogP contribution in [0.15, 0.2) is 24.4 Å². The Labute approximate surface area is 119 Å². The third-order valence-electron chi connectivity index (χ3n) is 2.13. The molecule has 0 saturated carbocycles. The molecule has 0 atom stereocenters. The van der Waals surface area contributed by atoms with Crippen molar-refractivity contribution in [2.75, 3.05) is 6.61 Å². The van der Waals surface area contributed by atoms with E-state index in [1.165, 1.54) is 11.3 Å². The fourth-order valence-corrected chi connectivity index (χ4v) is 2.48. The molecular formula is C12H8Cl2N2OS. The predicted molar refractivity (Wildman–Crippen MR) is 72.5 cm³/mol. The number of rotatable bonds is 4. The van der Waals surface area contributed by atoms with E-state index >= 15 is 0 Å². The molecule has 2 aromatic rings.